The molecule has 0 fully saturated rings. The van der Waals surface area contributed by atoms with Gasteiger partial charge in [-0.2, -0.15) is 0 Å². The zero-order valence-electron chi connectivity index (χ0n) is 15.5. The summed E-state index contributed by atoms with van der Waals surface area (Å²) < 4.78 is 29.7. The highest BCUT2D eigenvalue weighted by Gasteiger charge is 2.28. The molecule has 0 saturated heterocycles. The summed E-state index contributed by atoms with van der Waals surface area (Å²) >= 11 is 0. The molecular formula is C20H18FNO6. The maximum atomic E-state index is 13.3. The maximum Gasteiger partial charge on any atom is 0.342 e. The number of carbonyl (C=O) groups excluding carboxylic acids is 1. The molecule has 0 radical (unpaired) electrons. The zero-order chi connectivity index (χ0) is 20.4. The fourth-order valence-electron chi connectivity index (χ4n) is 2.81. The van der Waals surface area contributed by atoms with Crippen molar-refractivity contribution in [3.8, 4) is 17.1 Å². The van der Waals surface area contributed by atoms with Crippen molar-refractivity contribution >= 4 is 22.6 Å². The lowest BCUT2D eigenvalue weighted by Crippen LogP contribution is -2.08. The van der Waals surface area contributed by atoms with E-state index in [-0.39, 0.29) is 41.1 Å². The number of carbonyl (C=O) groups is 1. The van der Waals surface area contributed by atoms with Gasteiger partial charge in [-0.1, -0.05) is 0 Å². The van der Waals surface area contributed by atoms with Gasteiger partial charge in [0.25, 0.3) is 0 Å². The van der Waals surface area contributed by atoms with Crippen LogP contribution < -0.4 is 4.74 Å². The normalized spacial score (nSPS) is 11.0. The molecule has 1 heterocycles. The highest BCUT2D eigenvalue weighted by molar-refractivity contribution is 6.09. The summed E-state index contributed by atoms with van der Waals surface area (Å²) in [4.78, 5) is 23.5. The monoisotopic (exact) mass is 387 g/mol. The molecule has 0 aliphatic rings. The largest absolute Gasteiger partial charge is 0.484 e. The molecule has 3 rings (SSSR count). The van der Waals surface area contributed by atoms with Crippen LogP contribution in [0.5, 0.6) is 5.75 Å². The van der Waals surface area contributed by atoms with Crippen LogP contribution in [0.3, 0.4) is 0 Å². The summed E-state index contributed by atoms with van der Waals surface area (Å²) in [6.07, 6.45) is -0.314. The number of nitrogens with zero attached hydrogens (tertiary/aromatic N) is 1. The highest BCUT2D eigenvalue weighted by Crippen LogP contribution is 2.40. The van der Waals surface area contributed by atoms with Crippen molar-refractivity contribution in [2.45, 2.75) is 26.9 Å². The fraction of sp³-hybridized carbons (Fsp3) is 0.250. The van der Waals surface area contributed by atoms with Gasteiger partial charge in [-0.15, -0.1) is 0 Å². The van der Waals surface area contributed by atoms with Gasteiger partial charge in [0.2, 0.25) is 0 Å². The molecule has 0 unspecified atom stereocenters. The van der Waals surface area contributed by atoms with E-state index in [4.69, 9.17) is 13.9 Å². The first-order valence-corrected chi connectivity index (χ1v) is 8.66. The average molecular weight is 387 g/mol. The third kappa shape index (κ3) is 3.66. The SMILES string of the molecule is CCOC(=O)c1c(-c2ccc(F)cc2)oc2cc([N+](=O)[O-])c(OC(C)C)cc12. The quantitative estimate of drug-likeness (QED) is 0.331. The molecule has 0 aliphatic heterocycles. The van der Waals surface area contributed by atoms with Gasteiger partial charge in [0.15, 0.2) is 5.75 Å². The standard InChI is InChI=1S/C20H18FNO6/c1-4-26-20(23)18-14-9-17(27-11(2)3)15(22(24)25)10-16(14)28-19(18)12-5-7-13(21)8-6-12/h5-11H,4H2,1-3H3. The van der Waals surface area contributed by atoms with Crippen LogP contribution in [-0.2, 0) is 4.74 Å². The number of halogens is 1. The first-order valence-electron chi connectivity index (χ1n) is 8.66. The number of ether oxygens (including phenoxy) is 2. The molecule has 0 bridgehead atoms. The van der Waals surface area contributed by atoms with E-state index in [9.17, 15) is 19.3 Å². The third-order valence-corrected chi connectivity index (χ3v) is 3.91. The van der Waals surface area contributed by atoms with E-state index in [1.807, 2.05) is 0 Å². The summed E-state index contributed by atoms with van der Waals surface area (Å²) in [5, 5.41) is 11.8. The number of nitro groups is 1. The lowest BCUT2D eigenvalue weighted by Gasteiger charge is -2.10. The van der Waals surface area contributed by atoms with Crippen molar-refractivity contribution in [2.75, 3.05) is 6.61 Å². The van der Waals surface area contributed by atoms with E-state index in [1.54, 1.807) is 20.8 Å². The van der Waals surface area contributed by atoms with E-state index < -0.39 is 16.7 Å². The number of fused-ring (bicyclic) bond motifs is 1. The summed E-state index contributed by atoms with van der Waals surface area (Å²) in [5.74, 6) is -0.931. The van der Waals surface area contributed by atoms with Gasteiger partial charge in [0, 0.05) is 10.9 Å². The number of benzene rings is 2. The zero-order valence-corrected chi connectivity index (χ0v) is 15.5. The van der Waals surface area contributed by atoms with Gasteiger partial charge in [-0.3, -0.25) is 10.1 Å². The molecule has 1 aromatic heterocycles. The third-order valence-electron chi connectivity index (χ3n) is 3.91. The van der Waals surface area contributed by atoms with Crippen LogP contribution in [0, 0.1) is 15.9 Å². The number of nitro benzene ring substituents is 1. The fourth-order valence-corrected chi connectivity index (χ4v) is 2.81. The summed E-state index contributed by atoms with van der Waals surface area (Å²) in [6, 6.07) is 7.98. The molecule has 0 atom stereocenters. The first-order chi connectivity index (χ1) is 13.3. The number of hydrogen-bond donors (Lipinski definition) is 0. The van der Waals surface area contributed by atoms with Crippen LogP contribution in [0.15, 0.2) is 40.8 Å². The average Bonchev–Trinajstić information content (AvgIpc) is 2.99. The Balaban J connectivity index is 2.30. The predicted molar refractivity (Wildman–Crippen MR) is 100.0 cm³/mol. The molecule has 0 N–H and O–H groups in total. The minimum Gasteiger partial charge on any atom is -0.484 e. The molecule has 3 aromatic rings. The Hall–Kier alpha value is -3.42. The minimum absolute atomic E-state index is 0.0181. The second-order valence-corrected chi connectivity index (χ2v) is 6.27. The van der Waals surface area contributed by atoms with E-state index >= 15 is 0 Å². The molecular weight excluding hydrogens is 369 g/mol. The van der Waals surface area contributed by atoms with Crippen molar-refractivity contribution in [1.29, 1.82) is 0 Å². The van der Waals surface area contributed by atoms with Gasteiger partial charge >= 0.3 is 11.7 Å². The van der Waals surface area contributed by atoms with Gasteiger partial charge < -0.3 is 13.9 Å². The molecule has 0 amide bonds. The van der Waals surface area contributed by atoms with Crippen molar-refractivity contribution < 1.29 is 28.0 Å². The van der Waals surface area contributed by atoms with Crippen LogP contribution >= 0.6 is 0 Å². The van der Waals surface area contributed by atoms with Crippen LogP contribution in [-0.4, -0.2) is 23.6 Å². The molecule has 8 heteroatoms. The van der Waals surface area contributed by atoms with E-state index in [0.29, 0.717) is 10.9 Å². The second-order valence-electron chi connectivity index (χ2n) is 6.27. The van der Waals surface area contributed by atoms with Crippen LogP contribution in [0.25, 0.3) is 22.3 Å². The molecule has 2 aromatic carbocycles. The molecule has 0 aliphatic carbocycles. The second kappa shape index (κ2) is 7.67. The summed E-state index contributed by atoms with van der Waals surface area (Å²) in [7, 11) is 0. The van der Waals surface area contributed by atoms with Gasteiger partial charge in [0.1, 0.15) is 22.7 Å². The maximum absolute atomic E-state index is 13.3. The van der Waals surface area contributed by atoms with E-state index in [0.717, 1.165) is 0 Å². The van der Waals surface area contributed by atoms with Crippen LogP contribution in [0.4, 0.5) is 10.1 Å². The molecule has 7 nitrogen and oxygen atoms in total. The van der Waals surface area contributed by atoms with E-state index in [2.05, 4.69) is 0 Å². The molecule has 0 spiro atoms. The number of hydrogen-bond acceptors (Lipinski definition) is 6. The Bertz CT molecular complexity index is 1040. The number of esters is 1. The lowest BCUT2D eigenvalue weighted by molar-refractivity contribution is -0.385. The highest BCUT2D eigenvalue weighted by atomic mass is 19.1. The van der Waals surface area contributed by atoms with Crippen molar-refractivity contribution in [2.24, 2.45) is 0 Å². The van der Waals surface area contributed by atoms with Crippen molar-refractivity contribution in [3.63, 3.8) is 0 Å². The Kier molecular flexibility index (Phi) is 5.30. The Morgan fingerprint density at radius 1 is 1.25 bits per heavy atom. The Labute approximate surface area is 159 Å². The lowest BCUT2D eigenvalue weighted by atomic mass is 10.0. The smallest absolute Gasteiger partial charge is 0.342 e. The van der Waals surface area contributed by atoms with Gasteiger partial charge in [0.05, 0.1) is 23.7 Å². The summed E-state index contributed by atoms with van der Waals surface area (Å²) in [6.45, 7) is 5.27. The van der Waals surface area contributed by atoms with Gasteiger partial charge in [-0.25, -0.2) is 9.18 Å². The van der Waals surface area contributed by atoms with Gasteiger partial charge in [-0.05, 0) is 51.1 Å². The predicted octanol–water partition coefficient (Wildman–Crippen LogP) is 5.11. The topological polar surface area (TPSA) is 91.8 Å². The Morgan fingerprint density at radius 2 is 1.93 bits per heavy atom. The molecule has 146 valence electrons. The van der Waals surface area contributed by atoms with Crippen LogP contribution in [0.1, 0.15) is 31.1 Å². The van der Waals surface area contributed by atoms with Crippen LogP contribution in [0.2, 0.25) is 0 Å². The van der Waals surface area contributed by atoms with E-state index in [1.165, 1.54) is 36.4 Å². The number of rotatable bonds is 6. The first kappa shape index (κ1) is 19.3. The molecule has 28 heavy (non-hydrogen) atoms. The van der Waals surface area contributed by atoms with Crippen molar-refractivity contribution in [3.05, 3.63) is 57.9 Å². The summed E-state index contributed by atoms with van der Waals surface area (Å²) in [5.41, 5.74) is 0.391. The Morgan fingerprint density at radius 3 is 2.50 bits per heavy atom. The number of furan rings is 1. The van der Waals surface area contributed by atoms with Crippen molar-refractivity contribution in [1.82, 2.24) is 0 Å². The molecule has 0 saturated carbocycles. The minimum atomic E-state index is -0.648.